The number of hydrogen-bond donors (Lipinski definition) is 0. The highest BCUT2D eigenvalue weighted by atomic mass is 32.2. The molecule has 0 spiro atoms. The zero-order valence-electron chi connectivity index (χ0n) is 19.8. The van der Waals surface area contributed by atoms with Crippen LogP contribution in [0.3, 0.4) is 0 Å². The van der Waals surface area contributed by atoms with Crippen LogP contribution >= 0.6 is 11.8 Å². The quantitative estimate of drug-likeness (QED) is 0.329. The summed E-state index contributed by atoms with van der Waals surface area (Å²) >= 11 is 1.66. The van der Waals surface area contributed by atoms with Crippen molar-refractivity contribution in [3.05, 3.63) is 102 Å². The first kappa shape index (κ1) is 24.7. The van der Waals surface area contributed by atoms with Crippen molar-refractivity contribution in [2.75, 3.05) is 6.61 Å². The van der Waals surface area contributed by atoms with Crippen molar-refractivity contribution in [1.82, 2.24) is 0 Å². The first-order valence-electron chi connectivity index (χ1n) is 11.7. The molecule has 3 aromatic rings. The average molecular weight is 477 g/mol. The van der Waals surface area contributed by atoms with Crippen molar-refractivity contribution in [2.45, 2.75) is 56.0 Å². The maximum atomic E-state index is 12.2. The van der Waals surface area contributed by atoms with Crippen LogP contribution in [0.2, 0.25) is 0 Å². The standard InChI is InChI=1S/C29H32O4S/c1-21-13-15-25(16-14-21)34-29-26(17-22(2)30)28(32-19-24-11-7-4-8-12-24)27(33-29)20-31-18-23-9-5-3-6-10-23/h3-16,26-29H,17-20H2,1-2H3/t26-,27+,28+,29+/m0/s1. The van der Waals surface area contributed by atoms with E-state index in [0.717, 1.165) is 16.0 Å². The number of rotatable bonds is 11. The van der Waals surface area contributed by atoms with Crippen molar-refractivity contribution in [3.63, 3.8) is 0 Å². The van der Waals surface area contributed by atoms with Crippen LogP contribution in [0.4, 0.5) is 0 Å². The van der Waals surface area contributed by atoms with Gasteiger partial charge in [-0.25, -0.2) is 0 Å². The number of Topliss-reactive ketones (excluding diaryl/α,β-unsaturated/α-hetero) is 1. The minimum Gasteiger partial charge on any atom is -0.374 e. The molecule has 1 fully saturated rings. The van der Waals surface area contributed by atoms with Crippen LogP contribution in [0.5, 0.6) is 0 Å². The molecular weight excluding hydrogens is 444 g/mol. The maximum absolute atomic E-state index is 12.2. The zero-order valence-corrected chi connectivity index (χ0v) is 20.6. The Kier molecular flexibility index (Phi) is 8.94. The molecule has 4 nitrogen and oxygen atoms in total. The second kappa shape index (κ2) is 12.3. The number of ketones is 1. The summed E-state index contributed by atoms with van der Waals surface area (Å²) in [7, 11) is 0. The smallest absolute Gasteiger partial charge is 0.130 e. The molecule has 1 saturated heterocycles. The predicted molar refractivity (Wildman–Crippen MR) is 136 cm³/mol. The summed E-state index contributed by atoms with van der Waals surface area (Å²) in [6.07, 6.45) is -0.0689. The minimum atomic E-state index is -0.250. The van der Waals surface area contributed by atoms with E-state index in [2.05, 4.69) is 43.3 Å². The van der Waals surface area contributed by atoms with E-state index in [1.54, 1.807) is 18.7 Å². The van der Waals surface area contributed by atoms with Gasteiger partial charge in [0.1, 0.15) is 17.3 Å². The first-order valence-corrected chi connectivity index (χ1v) is 12.6. The van der Waals surface area contributed by atoms with Gasteiger partial charge in [-0.3, -0.25) is 0 Å². The number of thioether (sulfide) groups is 1. The average Bonchev–Trinajstić information content (AvgIpc) is 3.15. The molecule has 4 atom stereocenters. The second-order valence-corrected chi connectivity index (χ2v) is 9.98. The number of benzene rings is 3. The van der Waals surface area contributed by atoms with Gasteiger partial charge in [-0.15, -0.1) is 0 Å². The first-order chi connectivity index (χ1) is 16.6. The van der Waals surface area contributed by atoms with Gasteiger partial charge in [0.15, 0.2) is 0 Å². The molecule has 4 rings (SSSR count). The molecule has 0 aromatic heterocycles. The number of ether oxygens (including phenoxy) is 3. The fourth-order valence-corrected chi connectivity index (χ4v) is 5.38. The maximum Gasteiger partial charge on any atom is 0.130 e. The molecule has 178 valence electrons. The molecule has 3 aromatic carbocycles. The third-order valence-corrected chi connectivity index (χ3v) is 7.16. The van der Waals surface area contributed by atoms with E-state index in [0.29, 0.717) is 26.2 Å². The Hall–Kier alpha value is -2.44. The fourth-order valence-electron chi connectivity index (χ4n) is 4.19. The van der Waals surface area contributed by atoms with Gasteiger partial charge in [-0.1, -0.05) is 90.1 Å². The largest absolute Gasteiger partial charge is 0.374 e. The van der Waals surface area contributed by atoms with E-state index in [-0.39, 0.29) is 29.3 Å². The second-order valence-electron chi connectivity index (χ2n) is 8.81. The van der Waals surface area contributed by atoms with E-state index in [4.69, 9.17) is 14.2 Å². The summed E-state index contributed by atoms with van der Waals surface area (Å²) < 4.78 is 19.0. The normalized spacial score (nSPS) is 22.1. The van der Waals surface area contributed by atoms with Crippen LogP contribution in [0.15, 0.2) is 89.8 Å². The highest BCUT2D eigenvalue weighted by Gasteiger charge is 2.46. The third-order valence-electron chi connectivity index (χ3n) is 5.92. The van der Waals surface area contributed by atoms with E-state index >= 15 is 0 Å². The molecule has 0 amide bonds. The molecule has 0 bridgehead atoms. The van der Waals surface area contributed by atoms with Crippen LogP contribution in [-0.2, 0) is 32.2 Å². The molecule has 0 unspecified atom stereocenters. The number of carbonyl (C=O) groups is 1. The molecule has 34 heavy (non-hydrogen) atoms. The van der Waals surface area contributed by atoms with Crippen LogP contribution in [0.25, 0.3) is 0 Å². The molecule has 1 heterocycles. The summed E-state index contributed by atoms with van der Waals surface area (Å²) in [6.45, 7) is 5.11. The van der Waals surface area contributed by atoms with Gasteiger partial charge >= 0.3 is 0 Å². The summed E-state index contributed by atoms with van der Waals surface area (Å²) in [4.78, 5) is 13.3. The van der Waals surface area contributed by atoms with Crippen LogP contribution < -0.4 is 0 Å². The third kappa shape index (κ3) is 7.03. The molecule has 1 aliphatic rings. The van der Waals surface area contributed by atoms with Crippen LogP contribution in [-0.4, -0.2) is 30.0 Å². The SMILES string of the molecule is CC(=O)C[C@H]1[C@@H](OCc2ccccc2)[C@@H](COCc2ccccc2)O[C@@H]1Sc1ccc(C)cc1. The molecular formula is C29H32O4S. The number of hydrogen-bond acceptors (Lipinski definition) is 5. The van der Waals surface area contributed by atoms with E-state index in [1.807, 2.05) is 48.5 Å². The monoisotopic (exact) mass is 476 g/mol. The molecule has 0 radical (unpaired) electrons. The highest BCUT2D eigenvalue weighted by molar-refractivity contribution is 7.99. The summed E-state index contributed by atoms with van der Waals surface area (Å²) in [5.41, 5.74) is 3.25. The topological polar surface area (TPSA) is 44.8 Å². The van der Waals surface area contributed by atoms with Gasteiger partial charge in [0.2, 0.25) is 0 Å². The Morgan fingerprint density at radius 3 is 2.12 bits per heavy atom. The van der Waals surface area contributed by atoms with Crippen molar-refractivity contribution in [2.24, 2.45) is 5.92 Å². The summed E-state index contributed by atoms with van der Waals surface area (Å²) in [5.74, 6) is 0.0834. The van der Waals surface area contributed by atoms with E-state index < -0.39 is 0 Å². The Balaban J connectivity index is 1.49. The van der Waals surface area contributed by atoms with Crippen LogP contribution in [0, 0.1) is 12.8 Å². The summed E-state index contributed by atoms with van der Waals surface area (Å²) in [6, 6.07) is 28.6. The Morgan fingerprint density at radius 2 is 1.50 bits per heavy atom. The predicted octanol–water partition coefficient (Wildman–Crippen LogP) is 6.21. The fraction of sp³-hybridized carbons (Fsp3) is 0.345. The minimum absolute atomic E-state index is 0.0576. The van der Waals surface area contributed by atoms with Crippen molar-refractivity contribution in [3.8, 4) is 0 Å². The van der Waals surface area contributed by atoms with Gasteiger partial charge in [0, 0.05) is 17.2 Å². The number of carbonyl (C=O) groups excluding carboxylic acids is 1. The lowest BCUT2D eigenvalue weighted by Gasteiger charge is -2.24. The molecule has 5 heteroatoms. The van der Waals surface area contributed by atoms with Gasteiger partial charge < -0.3 is 19.0 Å². The van der Waals surface area contributed by atoms with Gasteiger partial charge in [-0.2, -0.15) is 0 Å². The van der Waals surface area contributed by atoms with Crippen molar-refractivity contribution in [1.29, 1.82) is 0 Å². The van der Waals surface area contributed by atoms with Crippen molar-refractivity contribution < 1.29 is 19.0 Å². The van der Waals surface area contributed by atoms with E-state index in [9.17, 15) is 4.79 Å². The highest BCUT2D eigenvalue weighted by Crippen LogP contribution is 2.41. The lowest BCUT2D eigenvalue weighted by Crippen LogP contribution is -2.34. The lowest BCUT2D eigenvalue weighted by molar-refractivity contribution is -0.119. The molecule has 0 aliphatic carbocycles. The Morgan fingerprint density at radius 1 is 0.882 bits per heavy atom. The molecule has 0 saturated carbocycles. The Bertz CT molecular complexity index is 1020. The zero-order chi connectivity index (χ0) is 23.8. The van der Waals surface area contributed by atoms with E-state index in [1.165, 1.54) is 5.56 Å². The molecule has 1 aliphatic heterocycles. The lowest BCUT2D eigenvalue weighted by atomic mass is 9.96. The van der Waals surface area contributed by atoms with Gasteiger partial charge in [-0.05, 0) is 37.1 Å². The Labute approximate surface area is 206 Å². The molecule has 0 N–H and O–H groups in total. The van der Waals surface area contributed by atoms with Crippen molar-refractivity contribution >= 4 is 17.5 Å². The van der Waals surface area contributed by atoms with Gasteiger partial charge in [0.25, 0.3) is 0 Å². The summed E-state index contributed by atoms with van der Waals surface area (Å²) in [5, 5.41) is 0. The van der Waals surface area contributed by atoms with Crippen LogP contribution in [0.1, 0.15) is 30.0 Å². The number of aryl methyl sites for hydroxylation is 1. The van der Waals surface area contributed by atoms with Gasteiger partial charge in [0.05, 0.1) is 25.9 Å².